The van der Waals surface area contributed by atoms with Gasteiger partial charge in [-0.3, -0.25) is 9.00 Å². The van der Waals surface area contributed by atoms with Crippen LogP contribution in [0.15, 0.2) is 0 Å². The fourth-order valence-electron chi connectivity index (χ4n) is 2.42. The monoisotopic (exact) mass is 273 g/mol. The molecule has 0 aromatic heterocycles. The van der Waals surface area contributed by atoms with Crippen molar-refractivity contribution in [3.8, 4) is 0 Å². The lowest BCUT2D eigenvalue weighted by atomic mass is 9.65. The van der Waals surface area contributed by atoms with Crippen LogP contribution in [0.2, 0.25) is 0 Å². The van der Waals surface area contributed by atoms with Crippen molar-refractivity contribution in [3.05, 3.63) is 0 Å². The molecule has 4 heteroatoms. The molecule has 1 saturated carbocycles. The van der Waals surface area contributed by atoms with Gasteiger partial charge in [0.2, 0.25) is 5.91 Å². The van der Waals surface area contributed by atoms with Gasteiger partial charge in [0, 0.05) is 33.3 Å². The third kappa shape index (κ3) is 3.81. The molecule has 1 amide bonds. The Morgan fingerprint density at radius 3 is 2.33 bits per heavy atom. The second-order valence-corrected chi connectivity index (χ2v) is 8.63. The third-order valence-corrected chi connectivity index (χ3v) is 5.72. The van der Waals surface area contributed by atoms with Gasteiger partial charge in [0.15, 0.2) is 0 Å². The van der Waals surface area contributed by atoms with Gasteiger partial charge in [-0.25, -0.2) is 0 Å². The maximum absolute atomic E-state index is 12.2. The molecule has 106 valence electrons. The van der Waals surface area contributed by atoms with Crippen LogP contribution in [0.1, 0.15) is 59.8 Å². The van der Waals surface area contributed by atoms with Gasteiger partial charge in [-0.2, -0.15) is 0 Å². The van der Waals surface area contributed by atoms with Gasteiger partial charge in [-0.05, 0) is 40.0 Å². The zero-order valence-corrected chi connectivity index (χ0v) is 13.0. The van der Waals surface area contributed by atoms with E-state index in [1.54, 1.807) is 0 Å². The van der Waals surface area contributed by atoms with Crippen molar-refractivity contribution in [1.82, 2.24) is 5.32 Å². The molecule has 1 atom stereocenters. The molecule has 0 bridgehead atoms. The van der Waals surface area contributed by atoms with Gasteiger partial charge in [0.05, 0.1) is 0 Å². The summed E-state index contributed by atoms with van der Waals surface area (Å²) in [6.07, 6.45) is 5.26. The molecule has 3 nitrogen and oxygen atoms in total. The van der Waals surface area contributed by atoms with Gasteiger partial charge in [0.25, 0.3) is 0 Å². The Balaban J connectivity index is 2.35. The van der Waals surface area contributed by atoms with E-state index in [1.165, 1.54) is 6.42 Å². The average Bonchev–Trinajstić information content (AvgIpc) is 2.21. The fraction of sp³-hybridized carbons (Fsp3) is 0.929. The van der Waals surface area contributed by atoms with Gasteiger partial charge in [-0.15, -0.1) is 0 Å². The molecule has 1 aliphatic rings. The molecule has 0 unspecified atom stereocenters. The van der Waals surface area contributed by atoms with Crippen molar-refractivity contribution < 1.29 is 9.00 Å². The molecule has 0 aliphatic heterocycles. The summed E-state index contributed by atoms with van der Waals surface area (Å²) in [6, 6.07) is 0. The summed E-state index contributed by atoms with van der Waals surface area (Å²) in [5, 5.41) is 2.98. The maximum Gasteiger partial charge on any atom is 0.226 e. The van der Waals surface area contributed by atoms with Gasteiger partial charge in [0.1, 0.15) is 0 Å². The standard InChI is InChI=1S/C14H27NO2S/c1-5-7-14(8-6-9-14)12(16)15-10-11-18(17)13(2,3)4/h5-11H2,1-4H3,(H,15,16)/t18-/m0/s1. The molecule has 0 aromatic carbocycles. The van der Waals surface area contributed by atoms with E-state index in [4.69, 9.17) is 0 Å². The van der Waals surface area contributed by atoms with Crippen LogP contribution in [-0.2, 0) is 15.6 Å². The Kier molecular flexibility index (Phi) is 5.38. The molecular weight excluding hydrogens is 246 g/mol. The van der Waals surface area contributed by atoms with Crippen molar-refractivity contribution in [2.24, 2.45) is 5.41 Å². The smallest absolute Gasteiger partial charge is 0.226 e. The predicted molar refractivity (Wildman–Crippen MR) is 77.0 cm³/mol. The summed E-state index contributed by atoms with van der Waals surface area (Å²) >= 11 is 0. The summed E-state index contributed by atoms with van der Waals surface area (Å²) in [5.74, 6) is 0.735. The first-order chi connectivity index (χ1) is 8.32. The minimum Gasteiger partial charge on any atom is -0.355 e. The normalized spacial score (nSPS) is 20.0. The Morgan fingerprint density at radius 1 is 1.33 bits per heavy atom. The van der Waals surface area contributed by atoms with E-state index in [0.717, 1.165) is 25.7 Å². The fourth-order valence-corrected chi connectivity index (χ4v) is 3.32. The maximum atomic E-state index is 12.2. The minimum absolute atomic E-state index is 0.0992. The van der Waals surface area contributed by atoms with Crippen LogP contribution in [0, 0.1) is 5.41 Å². The highest BCUT2D eigenvalue weighted by molar-refractivity contribution is 7.86. The highest BCUT2D eigenvalue weighted by atomic mass is 32.2. The van der Waals surface area contributed by atoms with E-state index >= 15 is 0 Å². The van der Waals surface area contributed by atoms with E-state index in [9.17, 15) is 9.00 Å². The summed E-state index contributed by atoms with van der Waals surface area (Å²) < 4.78 is 11.7. The molecule has 0 spiro atoms. The van der Waals surface area contributed by atoms with E-state index < -0.39 is 10.8 Å². The van der Waals surface area contributed by atoms with Crippen LogP contribution in [0.4, 0.5) is 0 Å². The number of rotatable bonds is 6. The second kappa shape index (κ2) is 6.18. The lowest BCUT2D eigenvalue weighted by Crippen LogP contribution is -2.46. The molecule has 1 fully saturated rings. The molecule has 0 radical (unpaired) electrons. The molecule has 1 N–H and O–H groups in total. The van der Waals surface area contributed by atoms with E-state index in [1.807, 2.05) is 20.8 Å². The van der Waals surface area contributed by atoms with Crippen molar-refractivity contribution in [2.75, 3.05) is 12.3 Å². The highest BCUT2D eigenvalue weighted by Crippen LogP contribution is 2.44. The number of carbonyl (C=O) groups excluding carboxylic acids is 1. The first-order valence-electron chi connectivity index (χ1n) is 6.98. The van der Waals surface area contributed by atoms with Gasteiger partial charge < -0.3 is 5.32 Å². The Hall–Kier alpha value is -0.380. The minimum atomic E-state index is -0.883. The van der Waals surface area contributed by atoms with E-state index in [0.29, 0.717) is 12.3 Å². The number of carbonyl (C=O) groups is 1. The highest BCUT2D eigenvalue weighted by Gasteiger charge is 2.42. The Bertz CT molecular complexity index is 316. The van der Waals surface area contributed by atoms with Crippen LogP contribution >= 0.6 is 0 Å². The van der Waals surface area contributed by atoms with E-state index in [2.05, 4.69) is 12.2 Å². The van der Waals surface area contributed by atoms with Crippen molar-refractivity contribution in [1.29, 1.82) is 0 Å². The van der Waals surface area contributed by atoms with Crippen LogP contribution in [0.3, 0.4) is 0 Å². The first kappa shape index (κ1) is 15.7. The summed E-state index contributed by atoms with van der Waals surface area (Å²) in [7, 11) is -0.883. The largest absolute Gasteiger partial charge is 0.355 e. The Morgan fingerprint density at radius 2 is 1.94 bits per heavy atom. The van der Waals surface area contributed by atoms with Crippen LogP contribution in [0.25, 0.3) is 0 Å². The van der Waals surface area contributed by atoms with E-state index in [-0.39, 0.29) is 16.1 Å². The first-order valence-corrected chi connectivity index (χ1v) is 8.30. The molecular formula is C14H27NO2S. The Labute approximate surface area is 114 Å². The number of hydrogen-bond donors (Lipinski definition) is 1. The predicted octanol–water partition coefficient (Wildman–Crippen LogP) is 2.62. The lowest BCUT2D eigenvalue weighted by molar-refractivity contribution is -0.136. The van der Waals surface area contributed by atoms with Gasteiger partial charge >= 0.3 is 0 Å². The van der Waals surface area contributed by atoms with Crippen LogP contribution in [0.5, 0.6) is 0 Å². The molecule has 0 saturated heterocycles. The molecule has 1 aliphatic carbocycles. The van der Waals surface area contributed by atoms with Crippen molar-refractivity contribution in [3.63, 3.8) is 0 Å². The molecule has 18 heavy (non-hydrogen) atoms. The zero-order valence-electron chi connectivity index (χ0n) is 12.2. The third-order valence-electron chi connectivity index (χ3n) is 3.78. The SMILES string of the molecule is CCCC1(C(=O)NCC[S@](=O)C(C)(C)C)CCC1. The topological polar surface area (TPSA) is 46.2 Å². The van der Waals surface area contributed by atoms with Crippen molar-refractivity contribution in [2.45, 2.75) is 64.5 Å². The molecule has 0 heterocycles. The zero-order chi connectivity index (χ0) is 13.8. The summed E-state index contributed by atoms with van der Waals surface area (Å²) in [6.45, 7) is 8.57. The van der Waals surface area contributed by atoms with Crippen LogP contribution in [-0.4, -0.2) is 27.2 Å². The number of nitrogens with one attached hydrogen (secondary N) is 1. The van der Waals surface area contributed by atoms with Crippen LogP contribution < -0.4 is 5.32 Å². The summed E-state index contributed by atoms with van der Waals surface area (Å²) in [4.78, 5) is 12.2. The van der Waals surface area contributed by atoms with Crippen molar-refractivity contribution >= 4 is 16.7 Å². The lowest BCUT2D eigenvalue weighted by Gasteiger charge is -2.40. The molecule has 0 aromatic rings. The summed E-state index contributed by atoms with van der Waals surface area (Å²) in [5.41, 5.74) is -0.0992. The quantitative estimate of drug-likeness (QED) is 0.808. The molecule has 1 rings (SSSR count). The average molecular weight is 273 g/mol. The van der Waals surface area contributed by atoms with Gasteiger partial charge in [-0.1, -0.05) is 19.8 Å². The number of hydrogen-bond acceptors (Lipinski definition) is 2. The second-order valence-electron chi connectivity index (χ2n) is 6.30. The number of amides is 1.